The van der Waals surface area contributed by atoms with Crippen LogP contribution in [0.25, 0.3) is 6.08 Å². The summed E-state index contributed by atoms with van der Waals surface area (Å²) >= 11 is 1.66. The number of carbonyl (C=O) groups is 1. The van der Waals surface area contributed by atoms with Gasteiger partial charge in [-0.3, -0.25) is 4.79 Å². The monoisotopic (exact) mass is 321 g/mol. The van der Waals surface area contributed by atoms with Crippen LogP contribution in [0.2, 0.25) is 0 Å². The third kappa shape index (κ3) is 3.62. The van der Waals surface area contributed by atoms with Crippen LogP contribution in [0.1, 0.15) is 45.7 Å². The van der Waals surface area contributed by atoms with Gasteiger partial charge in [-0.1, -0.05) is 6.08 Å². The van der Waals surface area contributed by atoms with Gasteiger partial charge in [-0.2, -0.15) is 11.3 Å². The first-order chi connectivity index (χ1) is 10.1. The van der Waals surface area contributed by atoms with Crippen molar-refractivity contribution < 1.29 is 14.1 Å². The first-order valence-electron chi connectivity index (χ1n) is 7.46. The van der Waals surface area contributed by atoms with E-state index in [-0.39, 0.29) is 5.91 Å². The molecule has 0 saturated carbocycles. The third-order valence-corrected chi connectivity index (χ3v) is 5.21. The van der Waals surface area contributed by atoms with Crippen LogP contribution in [0, 0.1) is 6.92 Å². The summed E-state index contributed by atoms with van der Waals surface area (Å²) in [6.45, 7) is 12.1. The highest BCUT2D eigenvalue weighted by Crippen LogP contribution is 2.38. The Balaban J connectivity index is 2.28. The van der Waals surface area contributed by atoms with Crippen molar-refractivity contribution in [2.75, 3.05) is 6.54 Å². The topological polar surface area (TPSA) is 47.6 Å². The molecular formula is C16H24BNO3S. The number of thiophene rings is 1. The minimum Gasteiger partial charge on any atom is -0.400 e. The molecule has 1 aliphatic rings. The maximum absolute atomic E-state index is 11.3. The molecule has 1 N–H and O–H groups in total. The Labute approximate surface area is 137 Å². The standard InChI is InChI=1S/C16H24BNO3S/c1-11-9-22-10-13(11)7-14(8-18-12(2)19)17-20-15(3,4)16(5,6)21-17/h7,9-10H,8H2,1-6H3,(H,18,19). The molecule has 4 nitrogen and oxygen atoms in total. The summed E-state index contributed by atoms with van der Waals surface area (Å²) in [5, 5.41) is 7.04. The number of nitrogens with one attached hydrogen (secondary N) is 1. The van der Waals surface area contributed by atoms with Crippen LogP contribution in [0.15, 0.2) is 16.2 Å². The Hall–Kier alpha value is -1.11. The molecule has 1 aromatic heterocycles. The number of aryl methyl sites for hydroxylation is 1. The minimum absolute atomic E-state index is 0.0653. The fourth-order valence-corrected chi connectivity index (χ4v) is 2.95. The van der Waals surface area contributed by atoms with Gasteiger partial charge in [0.2, 0.25) is 5.91 Å². The molecule has 0 unspecified atom stereocenters. The van der Waals surface area contributed by atoms with E-state index in [4.69, 9.17) is 9.31 Å². The maximum Gasteiger partial charge on any atom is 0.492 e. The summed E-state index contributed by atoms with van der Waals surface area (Å²) in [5.74, 6) is -0.0653. The van der Waals surface area contributed by atoms with E-state index in [0.29, 0.717) is 6.54 Å². The lowest BCUT2D eigenvalue weighted by Gasteiger charge is -2.32. The van der Waals surface area contributed by atoms with E-state index in [0.717, 1.165) is 11.0 Å². The molecule has 0 aliphatic carbocycles. The van der Waals surface area contributed by atoms with Gasteiger partial charge in [-0.25, -0.2) is 0 Å². The largest absolute Gasteiger partial charge is 0.492 e. The molecule has 0 spiro atoms. The predicted molar refractivity (Wildman–Crippen MR) is 91.8 cm³/mol. The van der Waals surface area contributed by atoms with Gasteiger partial charge in [0.15, 0.2) is 0 Å². The van der Waals surface area contributed by atoms with E-state index in [1.54, 1.807) is 11.3 Å². The molecule has 0 aromatic carbocycles. The average Bonchev–Trinajstić information content (AvgIpc) is 2.86. The summed E-state index contributed by atoms with van der Waals surface area (Å²) in [7, 11) is -0.448. The molecule has 1 amide bonds. The van der Waals surface area contributed by atoms with Crippen LogP contribution in [0.4, 0.5) is 0 Å². The Kier molecular flexibility index (Phi) is 4.85. The zero-order valence-electron chi connectivity index (χ0n) is 14.1. The van der Waals surface area contributed by atoms with E-state index in [1.165, 1.54) is 12.5 Å². The van der Waals surface area contributed by atoms with Crippen molar-refractivity contribution in [3.05, 3.63) is 27.4 Å². The van der Waals surface area contributed by atoms with Crippen LogP contribution in [-0.4, -0.2) is 30.8 Å². The summed E-state index contributed by atoms with van der Waals surface area (Å²) in [6.07, 6.45) is 2.06. The van der Waals surface area contributed by atoms with Crippen molar-refractivity contribution in [3.63, 3.8) is 0 Å². The van der Waals surface area contributed by atoms with Crippen molar-refractivity contribution in [1.82, 2.24) is 5.32 Å². The molecule has 2 rings (SSSR count). The first kappa shape index (κ1) is 17.3. The molecule has 1 fully saturated rings. The molecule has 0 radical (unpaired) electrons. The third-order valence-electron chi connectivity index (χ3n) is 4.33. The quantitative estimate of drug-likeness (QED) is 0.866. The van der Waals surface area contributed by atoms with Crippen LogP contribution in [-0.2, 0) is 14.1 Å². The Morgan fingerprint density at radius 3 is 2.32 bits per heavy atom. The summed E-state index contributed by atoms with van der Waals surface area (Å²) in [5.41, 5.74) is 2.49. The van der Waals surface area contributed by atoms with Crippen molar-refractivity contribution in [2.24, 2.45) is 0 Å². The van der Waals surface area contributed by atoms with Gasteiger partial charge >= 0.3 is 7.12 Å². The van der Waals surface area contributed by atoms with E-state index < -0.39 is 18.3 Å². The van der Waals surface area contributed by atoms with E-state index >= 15 is 0 Å². The van der Waals surface area contributed by atoms with Gasteiger partial charge in [0, 0.05) is 13.5 Å². The lowest BCUT2D eigenvalue weighted by atomic mass is 9.77. The van der Waals surface area contributed by atoms with Crippen LogP contribution >= 0.6 is 11.3 Å². The zero-order chi connectivity index (χ0) is 16.5. The molecular weight excluding hydrogens is 297 g/mol. The summed E-state index contributed by atoms with van der Waals surface area (Å²) in [4.78, 5) is 11.3. The van der Waals surface area contributed by atoms with Crippen molar-refractivity contribution >= 4 is 30.4 Å². The minimum atomic E-state index is -0.448. The Morgan fingerprint density at radius 1 is 1.27 bits per heavy atom. The Bertz CT molecular complexity index is 576. The summed E-state index contributed by atoms with van der Waals surface area (Å²) < 4.78 is 12.2. The van der Waals surface area contributed by atoms with E-state index in [1.807, 2.05) is 27.7 Å². The number of rotatable bonds is 4. The molecule has 6 heteroatoms. The molecule has 0 atom stereocenters. The summed E-state index contributed by atoms with van der Waals surface area (Å²) in [6, 6.07) is 0. The molecule has 1 saturated heterocycles. The second kappa shape index (κ2) is 6.18. The van der Waals surface area contributed by atoms with Crippen LogP contribution in [0.5, 0.6) is 0 Å². The molecule has 1 aliphatic heterocycles. The highest BCUT2D eigenvalue weighted by Gasteiger charge is 2.52. The molecule has 0 bridgehead atoms. The zero-order valence-corrected chi connectivity index (χ0v) is 15.0. The fourth-order valence-electron chi connectivity index (χ4n) is 2.14. The smallest absolute Gasteiger partial charge is 0.400 e. The second-order valence-electron chi connectivity index (χ2n) is 6.73. The molecule has 1 aromatic rings. The maximum atomic E-state index is 11.3. The van der Waals surface area contributed by atoms with Gasteiger partial charge in [0.25, 0.3) is 0 Å². The van der Waals surface area contributed by atoms with Gasteiger partial charge < -0.3 is 14.6 Å². The average molecular weight is 321 g/mol. The fraction of sp³-hybridized carbons (Fsp3) is 0.562. The number of hydrogen-bond acceptors (Lipinski definition) is 4. The highest BCUT2D eigenvalue weighted by atomic mass is 32.1. The number of amides is 1. The van der Waals surface area contributed by atoms with Crippen molar-refractivity contribution in [1.29, 1.82) is 0 Å². The van der Waals surface area contributed by atoms with Crippen LogP contribution in [0.3, 0.4) is 0 Å². The second-order valence-corrected chi connectivity index (χ2v) is 7.47. The normalized spacial score (nSPS) is 20.3. The van der Waals surface area contributed by atoms with Gasteiger partial charge in [-0.15, -0.1) is 0 Å². The number of carbonyl (C=O) groups excluding carboxylic acids is 1. The molecule has 2 heterocycles. The number of hydrogen-bond donors (Lipinski definition) is 1. The van der Waals surface area contributed by atoms with E-state index in [2.05, 4.69) is 29.1 Å². The first-order valence-corrected chi connectivity index (χ1v) is 8.40. The predicted octanol–water partition coefficient (Wildman–Crippen LogP) is 3.21. The molecule has 120 valence electrons. The van der Waals surface area contributed by atoms with Crippen molar-refractivity contribution in [2.45, 2.75) is 52.7 Å². The van der Waals surface area contributed by atoms with E-state index in [9.17, 15) is 4.79 Å². The van der Waals surface area contributed by atoms with Gasteiger partial charge in [0.05, 0.1) is 11.2 Å². The van der Waals surface area contributed by atoms with Gasteiger partial charge in [-0.05, 0) is 62.0 Å². The lowest BCUT2D eigenvalue weighted by molar-refractivity contribution is -0.118. The van der Waals surface area contributed by atoms with Crippen LogP contribution < -0.4 is 5.32 Å². The highest BCUT2D eigenvalue weighted by molar-refractivity contribution is 7.08. The lowest BCUT2D eigenvalue weighted by Crippen LogP contribution is -2.41. The SMILES string of the molecule is CC(=O)NCC(=Cc1cscc1C)B1OC(C)(C)C(C)(C)O1. The van der Waals surface area contributed by atoms with Gasteiger partial charge in [0.1, 0.15) is 0 Å². The van der Waals surface area contributed by atoms with Crippen molar-refractivity contribution in [3.8, 4) is 0 Å². The Morgan fingerprint density at radius 2 is 1.86 bits per heavy atom. The molecule has 22 heavy (non-hydrogen) atoms.